The molecule has 136 valence electrons. The number of nitrogens with one attached hydrogen (secondary N) is 2. The quantitative estimate of drug-likeness (QED) is 0.638. The topological polar surface area (TPSA) is 71.1 Å². The van der Waals surface area contributed by atoms with E-state index in [1.54, 1.807) is 42.6 Å². The van der Waals surface area contributed by atoms with Gasteiger partial charge in [-0.25, -0.2) is 4.98 Å². The van der Waals surface area contributed by atoms with Crippen molar-refractivity contribution >= 4 is 23.2 Å². The fourth-order valence-corrected chi connectivity index (χ4v) is 2.62. The zero-order chi connectivity index (χ0) is 19.2. The van der Waals surface area contributed by atoms with E-state index in [4.69, 9.17) is 0 Å². The number of anilines is 2. The van der Waals surface area contributed by atoms with Gasteiger partial charge in [-0.1, -0.05) is 24.3 Å². The Bertz CT molecular complexity index is 948. The summed E-state index contributed by atoms with van der Waals surface area (Å²) >= 11 is 0. The van der Waals surface area contributed by atoms with Gasteiger partial charge in [0.1, 0.15) is 5.82 Å². The number of amides is 1. The number of nitrogens with zero attached hydrogens (tertiary/aromatic N) is 1. The monoisotopic (exact) mass is 359 g/mol. The van der Waals surface area contributed by atoms with Crippen molar-refractivity contribution in [1.29, 1.82) is 0 Å². The van der Waals surface area contributed by atoms with Crippen LogP contribution in [0.1, 0.15) is 38.8 Å². The van der Waals surface area contributed by atoms with E-state index < -0.39 is 0 Å². The van der Waals surface area contributed by atoms with Gasteiger partial charge in [-0.2, -0.15) is 0 Å². The molecular formula is C22H21N3O2. The Morgan fingerprint density at radius 3 is 2.26 bits per heavy atom. The van der Waals surface area contributed by atoms with E-state index in [9.17, 15) is 9.59 Å². The fourth-order valence-electron chi connectivity index (χ4n) is 2.62. The smallest absolute Gasteiger partial charge is 0.257 e. The van der Waals surface area contributed by atoms with Crippen LogP contribution in [0.4, 0.5) is 11.5 Å². The summed E-state index contributed by atoms with van der Waals surface area (Å²) < 4.78 is 0. The van der Waals surface area contributed by atoms with E-state index in [1.807, 2.05) is 12.1 Å². The lowest BCUT2D eigenvalue weighted by atomic mass is 10.1. The summed E-state index contributed by atoms with van der Waals surface area (Å²) in [6.07, 6.45) is 1.54. The second-order valence-electron chi connectivity index (χ2n) is 6.30. The molecule has 5 heteroatoms. The predicted molar refractivity (Wildman–Crippen MR) is 107 cm³/mol. The van der Waals surface area contributed by atoms with Crippen molar-refractivity contribution in [2.45, 2.75) is 20.4 Å². The molecule has 5 nitrogen and oxygen atoms in total. The SMILES string of the molecule is CC(=O)c1ccc(NC(=O)c2ccc(NCc3ccccc3C)nc2)cc1. The van der Waals surface area contributed by atoms with Gasteiger partial charge in [0.05, 0.1) is 5.56 Å². The molecule has 27 heavy (non-hydrogen) atoms. The second-order valence-corrected chi connectivity index (χ2v) is 6.30. The first-order valence-corrected chi connectivity index (χ1v) is 8.70. The number of hydrogen-bond acceptors (Lipinski definition) is 4. The molecule has 0 aliphatic carbocycles. The number of ketones is 1. The van der Waals surface area contributed by atoms with E-state index in [-0.39, 0.29) is 11.7 Å². The molecule has 0 radical (unpaired) electrons. The fraction of sp³-hybridized carbons (Fsp3) is 0.136. The lowest BCUT2D eigenvalue weighted by Crippen LogP contribution is -2.12. The van der Waals surface area contributed by atoms with Gasteiger partial charge in [-0.15, -0.1) is 0 Å². The number of carbonyl (C=O) groups is 2. The van der Waals surface area contributed by atoms with Crippen LogP contribution in [0.25, 0.3) is 0 Å². The van der Waals surface area contributed by atoms with Gasteiger partial charge in [0.15, 0.2) is 5.78 Å². The van der Waals surface area contributed by atoms with Crippen molar-refractivity contribution < 1.29 is 9.59 Å². The van der Waals surface area contributed by atoms with E-state index >= 15 is 0 Å². The maximum Gasteiger partial charge on any atom is 0.257 e. The Morgan fingerprint density at radius 1 is 0.926 bits per heavy atom. The van der Waals surface area contributed by atoms with Gasteiger partial charge in [0.25, 0.3) is 5.91 Å². The summed E-state index contributed by atoms with van der Waals surface area (Å²) in [7, 11) is 0. The van der Waals surface area contributed by atoms with Crippen molar-refractivity contribution in [3.8, 4) is 0 Å². The van der Waals surface area contributed by atoms with E-state index in [0.29, 0.717) is 29.2 Å². The molecule has 3 rings (SSSR count). The van der Waals surface area contributed by atoms with E-state index in [1.165, 1.54) is 18.1 Å². The normalized spacial score (nSPS) is 10.3. The predicted octanol–water partition coefficient (Wildman–Crippen LogP) is 4.46. The first kappa shape index (κ1) is 18.3. The van der Waals surface area contributed by atoms with Crippen LogP contribution in [0.5, 0.6) is 0 Å². The molecule has 3 aromatic rings. The molecule has 2 N–H and O–H groups in total. The minimum absolute atomic E-state index is 0.00846. The summed E-state index contributed by atoms with van der Waals surface area (Å²) in [5.41, 5.74) is 4.13. The van der Waals surface area contributed by atoms with Crippen LogP contribution < -0.4 is 10.6 Å². The summed E-state index contributed by atoms with van der Waals surface area (Å²) in [5, 5.41) is 6.06. The van der Waals surface area contributed by atoms with E-state index in [2.05, 4.69) is 34.7 Å². The van der Waals surface area contributed by atoms with Crippen LogP contribution in [0, 0.1) is 6.92 Å². The van der Waals surface area contributed by atoms with Gasteiger partial charge in [0, 0.05) is 24.0 Å². The van der Waals surface area contributed by atoms with Gasteiger partial charge >= 0.3 is 0 Å². The summed E-state index contributed by atoms with van der Waals surface area (Å²) in [6, 6.07) is 18.5. The average molecular weight is 359 g/mol. The number of carbonyl (C=O) groups excluding carboxylic acids is 2. The lowest BCUT2D eigenvalue weighted by molar-refractivity contribution is 0.101. The van der Waals surface area contributed by atoms with Crippen molar-refractivity contribution in [1.82, 2.24) is 4.98 Å². The largest absolute Gasteiger partial charge is 0.366 e. The van der Waals surface area contributed by atoms with Crippen molar-refractivity contribution in [2.24, 2.45) is 0 Å². The van der Waals surface area contributed by atoms with Gasteiger partial charge in [0.2, 0.25) is 0 Å². The van der Waals surface area contributed by atoms with Crippen molar-refractivity contribution in [3.05, 3.63) is 89.1 Å². The van der Waals surface area contributed by atoms with Crippen LogP contribution in [0.15, 0.2) is 66.9 Å². The first-order valence-electron chi connectivity index (χ1n) is 8.70. The molecule has 0 saturated carbocycles. The van der Waals surface area contributed by atoms with Gasteiger partial charge < -0.3 is 10.6 Å². The van der Waals surface area contributed by atoms with Crippen molar-refractivity contribution in [3.63, 3.8) is 0 Å². The zero-order valence-electron chi connectivity index (χ0n) is 15.3. The third kappa shape index (κ3) is 4.79. The number of hydrogen-bond donors (Lipinski definition) is 2. The third-order valence-corrected chi connectivity index (χ3v) is 4.30. The van der Waals surface area contributed by atoms with E-state index in [0.717, 1.165) is 0 Å². The Hall–Kier alpha value is -3.47. The highest BCUT2D eigenvalue weighted by Crippen LogP contribution is 2.14. The Morgan fingerprint density at radius 2 is 1.63 bits per heavy atom. The number of benzene rings is 2. The van der Waals surface area contributed by atoms with Gasteiger partial charge in [-0.05, 0) is 61.4 Å². The molecule has 1 aromatic heterocycles. The van der Waals surface area contributed by atoms with Crippen LogP contribution >= 0.6 is 0 Å². The average Bonchev–Trinajstić information content (AvgIpc) is 2.68. The molecular weight excluding hydrogens is 338 g/mol. The summed E-state index contributed by atoms with van der Waals surface area (Å²) in [5.74, 6) is 0.454. The Kier molecular flexibility index (Phi) is 5.61. The Balaban J connectivity index is 1.60. The molecule has 0 aliphatic rings. The minimum Gasteiger partial charge on any atom is -0.366 e. The maximum absolute atomic E-state index is 12.3. The zero-order valence-corrected chi connectivity index (χ0v) is 15.3. The number of Topliss-reactive ketones (excluding diaryl/α,β-unsaturated/α-hetero) is 1. The molecule has 0 unspecified atom stereocenters. The molecule has 1 amide bonds. The van der Waals surface area contributed by atoms with Crippen LogP contribution in [-0.2, 0) is 6.54 Å². The lowest BCUT2D eigenvalue weighted by Gasteiger charge is -2.09. The first-order chi connectivity index (χ1) is 13.0. The highest BCUT2D eigenvalue weighted by molar-refractivity contribution is 6.04. The molecule has 2 aromatic carbocycles. The van der Waals surface area contributed by atoms with Gasteiger partial charge in [-0.3, -0.25) is 9.59 Å². The molecule has 0 bridgehead atoms. The molecule has 0 spiro atoms. The highest BCUT2D eigenvalue weighted by atomic mass is 16.1. The standard InChI is InChI=1S/C22H21N3O2/c1-15-5-3-4-6-18(15)13-23-21-12-9-19(14-24-21)22(27)25-20-10-7-17(8-11-20)16(2)26/h3-12,14H,13H2,1-2H3,(H,23,24)(H,25,27). The summed E-state index contributed by atoms with van der Waals surface area (Å²) in [4.78, 5) is 27.9. The number of pyridine rings is 1. The molecule has 0 aliphatic heterocycles. The second kappa shape index (κ2) is 8.27. The van der Waals surface area contributed by atoms with Crippen LogP contribution in [0.2, 0.25) is 0 Å². The molecule has 0 atom stereocenters. The Labute approximate surface area is 158 Å². The third-order valence-electron chi connectivity index (χ3n) is 4.30. The molecule has 0 fully saturated rings. The van der Waals surface area contributed by atoms with Crippen molar-refractivity contribution in [2.75, 3.05) is 10.6 Å². The number of aromatic nitrogens is 1. The number of aryl methyl sites for hydroxylation is 1. The maximum atomic E-state index is 12.3. The molecule has 0 saturated heterocycles. The number of rotatable bonds is 6. The minimum atomic E-state index is -0.247. The van der Waals surface area contributed by atoms with Crippen LogP contribution in [0.3, 0.4) is 0 Å². The molecule has 1 heterocycles. The van der Waals surface area contributed by atoms with Crippen LogP contribution in [-0.4, -0.2) is 16.7 Å². The highest BCUT2D eigenvalue weighted by Gasteiger charge is 2.08. The summed E-state index contributed by atoms with van der Waals surface area (Å²) in [6.45, 7) is 4.25.